The maximum absolute atomic E-state index is 13.7. The number of hydrogen-bond donors (Lipinski definition) is 1. The molecule has 5 heterocycles. The zero-order valence-corrected chi connectivity index (χ0v) is 27.3. The van der Waals surface area contributed by atoms with Gasteiger partial charge in [0.15, 0.2) is 11.3 Å². The molecule has 0 fully saturated rings. The zero-order chi connectivity index (χ0) is 33.3. The second-order valence-corrected chi connectivity index (χ2v) is 12.2. The number of aryl methyl sites for hydroxylation is 4. The monoisotopic (exact) mass is 669 g/mol. The van der Waals surface area contributed by atoms with Crippen LogP contribution in [0.5, 0.6) is 11.8 Å². The molecule has 5 aromatic heterocycles. The Bertz CT molecular complexity index is 2140. The van der Waals surface area contributed by atoms with Crippen molar-refractivity contribution in [3.63, 3.8) is 0 Å². The van der Waals surface area contributed by atoms with Crippen LogP contribution in [0.15, 0.2) is 85.1 Å². The summed E-state index contributed by atoms with van der Waals surface area (Å²) in [4.78, 5) is 57.5. The van der Waals surface area contributed by atoms with Gasteiger partial charge in [0.25, 0.3) is 23.0 Å². The average molecular weight is 670 g/mol. The number of nitrogens with one attached hydrogen (secondary N) is 1. The first kappa shape index (κ1) is 32.6. The fourth-order valence-electron chi connectivity index (χ4n) is 5.27. The number of nitrogens with zero attached hydrogens (tertiary/aromatic N) is 6. The summed E-state index contributed by atoms with van der Waals surface area (Å²) in [6, 6.07) is 17.1. The van der Waals surface area contributed by atoms with Gasteiger partial charge in [0, 0.05) is 37.0 Å². The maximum Gasteiger partial charge on any atom is 0.331 e. The van der Waals surface area contributed by atoms with Crippen LogP contribution in [0.3, 0.4) is 0 Å². The van der Waals surface area contributed by atoms with Crippen LogP contribution in [-0.4, -0.2) is 47.4 Å². The van der Waals surface area contributed by atoms with Crippen LogP contribution in [-0.2, 0) is 25.9 Å². The van der Waals surface area contributed by atoms with Crippen LogP contribution in [0.4, 0.5) is 0 Å². The number of aromatic nitrogens is 7. The van der Waals surface area contributed by atoms with Gasteiger partial charge in [0.2, 0.25) is 0 Å². The highest BCUT2D eigenvalue weighted by molar-refractivity contribution is 7.09. The number of pyridine rings is 1. The number of hydrogen-bond acceptors (Lipinski definition) is 11. The standard InChI is InChI=1S/C34H35N7O6S/c1-23-11-2-3-15-26(23)45-20-10-21-46-33-37-28-29(30(42)38-33)40(19-8-12-24-13-9-22-48-24)34(44)41(32(28)43)18-7-5-16-27-36-31(47-39-27)25-14-4-6-17-35-25/h2-4,6,9,11,13-15,17,22H,5,7-8,10,12,16,18-21H2,1H3,(H,37,38,42). The fourth-order valence-corrected chi connectivity index (χ4v) is 6.02. The third-order valence-corrected chi connectivity index (χ3v) is 8.64. The van der Waals surface area contributed by atoms with Crippen LogP contribution in [0.25, 0.3) is 22.6 Å². The van der Waals surface area contributed by atoms with Crippen LogP contribution < -0.4 is 26.3 Å². The summed E-state index contributed by atoms with van der Waals surface area (Å²) < 4.78 is 19.4. The van der Waals surface area contributed by atoms with Gasteiger partial charge in [-0.3, -0.25) is 28.7 Å². The molecule has 0 amide bonds. The lowest BCUT2D eigenvalue weighted by Crippen LogP contribution is -2.42. The van der Waals surface area contributed by atoms with Gasteiger partial charge >= 0.3 is 5.69 Å². The largest absolute Gasteiger partial charge is 0.493 e. The van der Waals surface area contributed by atoms with E-state index in [0.29, 0.717) is 56.1 Å². The first-order valence-corrected chi connectivity index (χ1v) is 16.7. The van der Waals surface area contributed by atoms with Crippen LogP contribution >= 0.6 is 11.3 Å². The Labute approximate surface area is 278 Å². The van der Waals surface area contributed by atoms with Crippen molar-refractivity contribution in [1.82, 2.24) is 34.2 Å². The minimum Gasteiger partial charge on any atom is -0.493 e. The second-order valence-electron chi connectivity index (χ2n) is 11.1. The molecule has 0 aliphatic carbocycles. The van der Waals surface area contributed by atoms with Gasteiger partial charge in [-0.15, -0.1) is 11.3 Å². The van der Waals surface area contributed by atoms with E-state index in [-0.39, 0.29) is 36.7 Å². The van der Waals surface area contributed by atoms with Crippen molar-refractivity contribution < 1.29 is 14.0 Å². The second kappa shape index (κ2) is 15.5. The molecule has 0 aliphatic heterocycles. The first-order valence-electron chi connectivity index (χ1n) is 15.8. The predicted octanol–water partition coefficient (Wildman–Crippen LogP) is 4.57. The molecule has 0 saturated heterocycles. The lowest BCUT2D eigenvalue weighted by molar-refractivity contribution is 0.235. The van der Waals surface area contributed by atoms with Crippen molar-refractivity contribution >= 4 is 22.4 Å². The molecule has 1 N–H and O–H groups in total. The van der Waals surface area contributed by atoms with E-state index in [1.54, 1.807) is 29.7 Å². The number of unbranched alkanes of at least 4 members (excludes halogenated alkanes) is 1. The summed E-state index contributed by atoms with van der Waals surface area (Å²) in [5, 5.41) is 6.02. The third-order valence-electron chi connectivity index (χ3n) is 7.70. The molecule has 0 spiro atoms. The SMILES string of the molecule is Cc1ccccc1OCCCOc1nc2c(=O)n(CCCCc3noc(-c4ccccn4)n3)c(=O)n(CCCc3cccs3)c2c(=O)[nH]1. The topological polar surface area (TPSA) is 160 Å². The van der Waals surface area contributed by atoms with Gasteiger partial charge in [-0.1, -0.05) is 35.5 Å². The highest BCUT2D eigenvalue weighted by Gasteiger charge is 2.19. The van der Waals surface area contributed by atoms with Crippen LogP contribution in [0.2, 0.25) is 0 Å². The first-order chi connectivity index (χ1) is 23.5. The molecule has 248 valence electrons. The number of para-hydroxylation sites is 1. The highest BCUT2D eigenvalue weighted by atomic mass is 32.1. The number of rotatable bonds is 16. The van der Waals surface area contributed by atoms with Gasteiger partial charge in [-0.2, -0.15) is 9.97 Å². The Morgan fingerprint density at radius 2 is 1.69 bits per heavy atom. The molecule has 6 rings (SSSR count). The van der Waals surface area contributed by atoms with E-state index in [1.807, 2.05) is 54.8 Å². The van der Waals surface area contributed by atoms with Gasteiger partial charge in [-0.25, -0.2) is 4.79 Å². The number of fused-ring (bicyclic) bond motifs is 1. The summed E-state index contributed by atoms with van der Waals surface area (Å²) in [7, 11) is 0. The number of H-pyrrole nitrogens is 1. The van der Waals surface area contributed by atoms with Crippen molar-refractivity contribution in [3.05, 3.63) is 114 Å². The average Bonchev–Trinajstić information content (AvgIpc) is 3.80. The molecule has 0 unspecified atom stereocenters. The third kappa shape index (κ3) is 7.77. The molecule has 0 saturated carbocycles. The van der Waals surface area contributed by atoms with Crippen molar-refractivity contribution in [3.8, 4) is 23.3 Å². The molecular weight excluding hydrogens is 634 g/mol. The van der Waals surface area contributed by atoms with Crippen molar-refractivity contribution in [2.45, 2.75) is 58.5 Å². The molecule has 0 atom stereocenters. The zero-order valence-electron chi connectivity index (χ0n) is 26.5. The summed E-state index contributed by atoms with van der Waals surface area (Å²) in [6.07, 6.45) is 5.05. The summed E-state index contributed by atoms with van der Waals surface area (Å²) in [5.74, 6) is 1.63. The minimum absolute atomic E-state index is 0.0588. The highest BCUT2D eigenvalue weighted by Crippen LogP contribution is 2.17. The molecule has 6 aromatic rings. The number of ether oxygens (including phenoxy) is 2. The normalized spacial score (nSPS) is 11.3. The van der Waals surface area contributed by atoms with Crippen molar-refractivity contribution in [2.24, 2.45) is 0 Å². The van der Waals surface area contributed by atoms with E-state index >= 15 is 0 Å². The Morgan fingerprint density at radius 1 is 0.854 bits per heavy atom. The van der Waals surface area contributed by atoms with E-state index in [2.05, 4.69) is 25.1 Å². The number of thiophene rings is 1. The van der Waals surface area contributed by atoms with E-state index < -0.39 is 16.8 Å². The molecule has 0 radical (unpaired) electrons. The fraction of sp³-hybridized carbons (Fsp3) is 0.324. The Kier molecular flexibility index (Phi) is 10.5. The van der Waals surface area contributed by atoms with Gasteiger partial charge in [-0.05, 0) is 67.8 Å². The molecule has 48 heavy (non-hydrogen) atoms. The van der Waals surface area contributed by atoms with E-state index in [4.69, 9.17) is 14.0 Å². The van der Waals surface area contributed by atoms with Gasteiger partial charge in [0.1, 0.15) is 17.0 Å². The Morgan fingerprint density at radius 3 is 2.50 bits per heavy atom. The van der Waals surface area contributed by atoms with E-state index in [1.165, 1.54) is 9.44 Å². The molecular formula is C34H35N7O6S. The lowest BCUT2D eigenvalue weighted by atomic mass is 10.2. The number of benzene rings is 1. The van der Waals surface area contributed by atoms with E-state index in [0.717, 1.165) is 22.3 Å². The molecule has 0 bridgehead atoms. The molecule has 14 heteroatoms. The molecule has 13 nitrogen and oxygen atoms in total. The summed E-state index contributed by atoms with van der Waals surface area (Å²) in [6.45, 7) is 2.94. The Hall–Kier alpha value is -5.37. The summed E-state index contributed by atoms with van der Waals surface area (Å²) >= 11 is 1.63. The summed E-state index contributed by atoms with van der Waals surface area (Å²) in [5.41, 5.74) is -0.355. The molecule has 1 aromatic carbocycles. The van der Waals surface area contributed by atoms with Crippen molar-refractivity contribution in [1.29, 1.82) is 0 Å². The van der Waals surface area contributed by atoms with E-state index in [9.17, 15) is 14.4 Å². The quantitative estimate of drug-likeness (QED) is 0.145. The Balaban J connectivity index is 1.17. The smallest absolute Gasteiger partial charge is 0.331 e. The van der Waals surface area contributed by atoms with Crippen LogP contribution in [0.1, 0.15) is 41.9 Å². The minimum atomic E-state index is -0.639. The van der Waals surface area contributed by atoms with Gasteiger partial charge < -0.3 is 14.0 Å². The van der Waals surface area contributed by atoms with Gasteiger partial charge in [0.05, 0.1) is 13.2 Å². The maximum atomic E-state index is 13.7. The number of aromatic amines is 1. The molecule has 0 aliphatic rings. The predicted molar refractivity (Wildman–Crippen MR) is 181 cm³/mol. The van der Waals surface area contributed by atoms with Crippen molar-refractivity contribution in [2.75, 3.05) is 13.2 Å². The van der Waals surface area contributed by atoms with Crippen LogP contribution in [0, 0.1) is 6.92 Å². The lowest BCUT2D eigenvalue weighted by Gasteiger charge is -2.14.